The second-order valence-electron chi connectivity index (χ2n) is 3.11. The highest BCUT2D eigenvalue weighted by atomic mass is 16.5. The van der Waals surface area contributed by atoms with Crippen LogP contribution >= 0.6 is 0 Å². The van der Waals surface area contributed by atoms with E-state index >= 15 is 0 Å². The Morgan fingerprint density at radius 1 is 1.55 bits per heavy atom. The van der Waals surface area contributed by atoms with Crippen LogP contribution in [0.2, 0.25) is 0 Å². The molecule has 1 aliphatic heterocycles. The van der Waals surface area contributed by atoms with Crippen molar-refractivity contribution in [1.29, 1.82) is 0 Å². The van der Waals surface area contributed by atoms with Gasteiger partial charge in [-0.05, 0) is 25.7 Å². The lowest BCUT2D eigenvalue weighted by Crippen LogP contribution is -2.32. The monoisotopic (exact) mass is 158 g/mol. The Hall–Kier alpha value is -0.120. The third kappa shape index (κ3) is 3.70. The molecule has 1 N–H and O–H groups in total. The molecule has 1 heterocycles. The molecule has 1 fully saturated rings. The molecule has 0 aromatic rings. The number of rotatable bonds is 3. The lowest BCUT2D eigenvalue weighted by atomic mass is 10.0. The maximum absolute atomic E-state index is 10.6. The van der Waals surface area contributed by atoms with Gasteiger partial charge in [0.05, 0.1) is 0 Å². The van der Waals surface area contributed by atoms with Crippen molar-refractivity contribution in [2.45, 2.75) is 26.0 Å². The number of hydrogen-bond acceptors (Lipinski definition) is 2. The van der Waals surface area contributed by atoms with E-state index < -0.39 is 6.23 Å². The fraction of sp³-hybridized carbons (Fsp3) is 1.00. The molecule has 1 aliphatic rings. The Morgan fingerprint density at radius 2 is 2.18 bits per heavy atom. The quantitative estimate of drug-likeness (QED) is 0.617. The first-order chi connectivity index (χ1) is 5.29. The van der Waals surface area contributed by atoms with Crippen LogP contribution in [0.25, 0.3) is 0 Å². The van der Waals surface area contributed by atoms with Gasteiger partial charge in [0.25, 0.3) is 0 Å². The standard InChI is InChI=1S/C8H16NO2/c1-7(10)9-6-8-2-4-11-5-3-8/h7-9H,2-6H2,1H3. The molecule has 0 aliphatic carbocycles. The minimum Gasteiger partial charge on any atom is -0.381 e. The van der Waals surface area contributed by atoms with Gasteiger partial charge in [-0.3, -0.25) is 5.32 Å². The SMILES string of the molecule is CC([O])NCC1CCOCC1. The van der Waals surface area contributed by atoms with E-state index in [1.807, 2.05) is 0 Å². The summed E-state index contributed by atoms with van der Waals surface area (Å²) in [7, 11) is 0. The molecule has 0 bridgehead atoms. The summed E-state index contributed by atoms with van der Waals surface area (Å²) in [6.45, 7) is 4.21. The molecule has 3 nitrogen and oxygen atoms in total. The minimum atomic E-state index is -0.627. The molecule has 0 aromatic heterocycles. The zero-order valence-electron chi connectivity index (χ0n) is 7.01. The Bertz CT molecular complexity index is 100. The summed E-state index contributed by atoms with van der Waals surface area (Å²) in [6.07, 6.45) is 1.57. The molecule has 1 rings (SSSR count). The summed E-state index contributed by atoms with van der Waals surface area (Å²) >= 11 is 0. The Kier molecular flexibility index (Phi) is 3.83. The highest BCUT2D eigenvalue weighted by Gasteiger charge is 2.13. The summed E-state index contributed by atoms with van der Waals surface area (Å²) in [5, 5.41) is 13.5. The highest BCUT2D eigenvalue weighted by molar-refractivity contribution is 4.65. The van der Waals surface area contributed by atoms with Gasteiger partial charge in [0, 0.05) is 19.8 Å². The second-order valence-corrected chi connectivity index (χ2v) is 3.11. The normalized spacial score (nSPS) is 23.5. The first kappa shape index (κ1) is 8.97. The maximum Gasteiger partial charge on any atom is 0.140 e. The smallest absolute Gasteiger partial charge is 0.140 e. The van der Waals surface area contributed by atoms with Gasteiger partial charge >= 0.3 is 0 Å². The van der Waals surface area contributed by atoms with E-state index in [1.54, 1.807) is 6.92 Å². The molecular formula is C8H16NO2. The zero-order chi connectivity index (χ0) is 8.10. The van der Waals surface area contributed by atoms with Gasteiger partial charge in [0.15, 0.2) is 0 Å². The predicted octanol–water partition coefficient (Wildman–Crippen LogP) is 0.779. The summed E-state index contributed by atoms with van der Waals surface area (Å²) < 4.78 is 5.20. The van der Waals surface area contributed by atoms with Crippen molar-refractivity contribution in [3.63, 3.8) is 0 Å². The fourth-order valence-electron chi connectivity index (χ4n) is 1.28. The Morgan fingerprint density at radius 3 is 2.73 bits per heavy atom. The first-order valence-electron chi connectivity index (χ1n) is 4.26. The van der Waals surface area contributed by atoms with E-state index in [4.69, 9.17) is 4.74 Å². The summed E-state index contributed by atoms with van der Waals surface area (Å²) in [6, 6.07) is 0. The zero-order valence-corrected chi connectivity index (χ0v) is 7.01. The average Bonchev–Trinajstić information content (AvgIpc) is 2.03. The Balaban J connectivity index is 2.05. The van der Waals surface area contributed by atoms with Gasteiger partial charge in [-0.15, -0.1) is 0 Å². The minimum absolute atomic E-state index is 0.627. The van der Waals surface area contributed by atoms with Crippen molar-refractivity contribution < 1.29 is 9.84 Å². The van der Waals surface area contributed by atoms with Crippen molar-refractivity contribution in [2.24, 2.45) is 5.92 Å². The first-order valence-corrected chi connectivity index (χ1v) is 4.26. The van der Waals surface area contributed by atoms with Gasteiger partial charge in [-0.2, -0.15) is 0 Å². The fourth-order valence-corrected chi connectivity index (χ4v) is 1.28. The van der Waals surface area contributed by atoms with E-state index in [0.717, 1.165) is 32.6 Å². The van der Waals surface area contributed by atoms with Gasteiger partial charge in [0.1, 0.15) is 6.23 Å². The van der Waals surface area contributed by atoms with Crippen molar-refractivity contribution in [3.8, 4) is 0 Å². The van der Waals surface area contributed by atoms with E-state index in [9.17, 15) is 5.11 Å². The molecule has 3 heteroatoms. The van der Waals surface area contributed by atoms with Crippen LogP contribution in [0.4, 0.5) is 0 Å². The maximum atomic E-state index is 10.6. The van der Waals surface area contributed by atoms with Crippen LogP contribution in [-0.2, 0) is 9.84 Å². The average molecular weight is 158 g/mol. The number of nitrogens with one attached hydrogen (secondary N) is 1. The predicted molar refractivity (Wildman–Crippen MR) is 41.7 cm³/mol. The van der Waals surface area contributed by atoms with Crippen molar-refractivity contribution in [2.75, 3.05) is 19.8 Å². The molecule has 0 saturated carbocycles. The summed E-state index contributed by atoms with van der Waals surface area (Å²) in [5.41, 5.74) is 0. The third-order valence-electron chi connectivity index (χ3n) is 2.03. The van der Waals surface area contributed by atoms with Crippen molar-refractivity contribution in [1.82, 2.24) is 5.32 Å². The summed E-state index contributed by atoms with van der Waals surface area (Å²) in [5.74, 6) is 0.653. The molecule has 0 amide bonds. The van der Waals surface area contributed by atoms with Crippen LogP contribution in [-0.4, -0.2) is 26.0 Å². The van der Waals surface area contributed by atoms with Crippen LogP contribution in [0.1, 0.15) is 19.8 Å². The molecule has 1 atom stereocenters. The van der Waals surface area contributed by atoms with Crippen LogP contribution < -0.4 is 5.32 Å². The highest BCUT2D eigenvalue weighted by Crippen LogP contribution is 2.13. The van der Waals surface area contributed by atoms with Gasteiger partial charge in [0.2, 0.25) is 0 Å². The van der Waals surface area contributed by atoms with Gasteiger partial charge < -0.3 is 4.74 Å². The topological polar surface area (TPSA) is 41.2 Å². The molecule has 1 radical (unpaired) electrons. The molecule has 0 aromatic carbocycles. The second kappa shape index (κ2) is 4.70. The summed E-state index contributed by atoms with van der Waals surface area (Å²) in [4.78, 5) is 0. The van der Waals surface area contributed by atoms with E-state index in [-0.39, 0.29) is 0 Å². The molecule has 65 valence electrons. The van der Waals surface area contributed by atoms with E-state index in [1.165, 1.54) is 0 Å². The van der Waals surface area contributed by atoms with Crippen molar-refractivity contribution >= 4 is 0 Å². The van der Waals surface area contributed by atoms with Crippen LogP contribution in [0.3, 0.4) is 0 Å². The van der Waals surface area contributed by atoms with Crippen molar-refractivity contribution in [3.05, 3.63) is 0 Å². The molecule has 0 spiro atoms. The van der Waals surface area contributed by atoms with Crippen LogP contribution in [0, 0.1) is 5.92 Å². The largest absolute Gasteiger partial charge is 0.381 e. The van der Waals surface area contributed by atoms with Crippen LogP contribution in [0.5, 0.6) is 0 Å². The van der Waals surface area contributed by atoms with E-state index in [0.29, 0.717) is 5.92 Å². The number of hydrogen-bond donors (Lipinski definition) is 1. The Labute approximate surface area is 67.7 Å². The van der Waals surface area contributed by atoms with Gasteiger partial charge in [-0.25, -0.2) is 5.11 Å². The van der Waals surface area contributed by atoms with Gasteiger partial charge in [-0.1, -0.05) is 0 Å². The lowest BCUT2D eigenvalue weighted by Gasteiger charge is -2.22. The molecular weight excluding hydrogens is 142 g/mol. The number of ether oxygens (including phenoxy) is 1. The molecule has 11 heavy (non-hydrogen) atoms. The molecule has 1 saturated heterocycles. The third-order valence-corrected chi connectivity index (χ3v) is 2.03. The lowest BCUT2D eigenvalue weighted by molar-refractivity contribution is 0.0434. The van der Waals surface area contributed by atoms with Crippen LogP contribution in [0.15, 0.2) is 0 Å². The van der Waals surface area contributed by atoms with E-state index in [2.05, 4.69) is 5.32 Å². The molecule has 1 unspecified atom stereocenters.